The Balaban J connectivity index is 1.76. The third-order valence-electron chi connectivity index (χ3n) is 6.46. The molecule has 2 aromatic rings. The lowest BCUT2D eigenvalue weighted by Crippen LogP contribution is -2.18. The van der Waals surface area contributed by atoms with Crippen molar-refractivity contribution in [2.75, 3.05) is 13.3 Å². The van der Waals surface area contributed by atoms with E-state index in [0.29, 0.717) is 20.3 Å². The van der Waals surface area contributed by atoms with Gasteiger partial charge in [-0.2, -0.15) is 0 Å². The Bertz CT molecular complexity index is 1000. The summed E-state index contributed by atoms with van der Waals surface area (Å²) >= 11 is 0. The SMILES string of the molecule is C=C(/C=C(\PC)c1ccc(C#CC2C(CC)C2CC)cc1)C(CO)n1ccnc1[C@H](C)O. The van der Waals surface area contributed by atoms with Crippen LogP contribution >= 0.6 is 8.58 Å². The van der Waals surface area contributed by atoms with Gasteiger partial charge >= 0.3 is 0 Å². The number of nitrogens with zero attached hydrogens (tertiary/aromatic N) is 2. The summed E-state index contributed by atoms with van der Waals surface area (Å²) in [6, 6.07) is 8.05. The van der Waals surface area contributed by atoms with Crippen molar-refractivity contribution in [2.24, 2.45) is 17.8 Å². The number of aliphatic hydroxyl groups is 2. The number of rotatable bonds is 9. The zero-order valence-electron chi connectivity index (χ0n) is 19.5. The van der Waals surface area contributed by atoms with E-state index in [1.807, 2.05) is 6.08 Å². The maximum Gasteiger partial charge on any atom is 0.137 e. The molecule has 1 aromatic carbocycles. The first kappa shape index (κ1) is 24.5. The van der Waals surface area contributed by atoms with Crippen molar-refractivity contribution in [1.29, 1.82) is 0 Å². The van der Waals surface area contributed by atoms with Gasteiger partial charge in [0.2, 0.25) is 0 Å². The highest BCUT2D eigenvalue weighted by Gasteiger charge is 2.45. The maximum absolute atomic E-state index is 10.0. The van der Waals surface area contributed by atoms with Gasteiger partial charge in [0.25, 0.3) is 0 Å². The molecule has 2 N–H and O–H groups in total. The Morgan fingerprint density at radius 2 is 1.91 bits per heavy atom. The average molecular weight is 451 g/mol. The van der Waals surface area contributed by atoms with Crippen LogP contribution in [0.15, 0.2) is 54.9 Å². The second-order valence-electron chi connectivity index (χ2n) is 8.47. The highest BCUT2D eigenvalue weighted by Crippen LogP contribution is 2.50. The number of hydrogen-bond donors (Lipinski definition) is 2. The van der Waals surface area contributed by atoms with Crippen LogP contribution in [0.25, 0.3) is 5.31 Å². The van der Waals surface area contributed by atoms with Crippen LogP contribution in [0, 0.1) is 29.6 Å². The van der Waals surface area contributed by atoms with Gasteiger partial charge in [0.05, 0.1) is 12.6 Å². The van der Waals surface area contributed by atoms with Crippen molar-refractivity contribution in [1.82, 2.24) is 9.55 Å². The summed E-state index contributed by atoms with van der Waals surface area (Å²) in [6.45, 7) is 12.4. The van der Waals surface area contributed by atoms with Crippen molar-refractivity contribution in [3.63, 3.8) is 0 Å². The normalized spacial score (nSPS) is 22.4. The van der Waals surface area contributed by atoms with Gasteiger partial charge in [-0.1, -0.05) is 65.8 Å². The van der Waals surface area contributed by atoms with Gasteiger partial charge in [-0.05, 0) is 60.1 Å². The number of aliphatic hydroxyl groups excluding tert-OH is 2. The first-order valence-electron chi connectivity index (χ1n) is 11.5. The van der Waals surface area contributed by atoms with Gasteiger partial charge in [0.1, 0.15) is 11.9 Å². The summed E-state index contributed by atoms with van der Waals surface area (Å²) in [6.07, 6.45) is 7.19. The molecule has 1 saturated carbocycles. The molecule has 1 heterocycles. The third-order valence-corrected chi connectivity index (χ3v) is 7.43. The summed E-state index contributed by atoms with van der Waals surface area (Å²) in [5.74, 6) is 9.49. The Kier molecular flexibility index (Phi) is 8.49. The Morgan fingerprint density at radius 3 is 2.44 bits per heavy atom. The third kappa shape index (κ3) is 5.41. The molecule has 3 rings (SSSR count). The first-order chi connectivity index (χ1) is 15.4. The van der Waals surface area contributed by atoms with E-state index < -0.39 is 6.10 Å². The Hall–Kier alpha value is -2.18. The van der Waals surface area contributed by atoms with Crippen molar-refractivity contribution in [3.8, 4) is 11.8 Å². The Labute approximate surface area is 194 Å². The average Bonchev–Trinajstić information content (AvgIpc) is 3.27. The van der Waals surface area contributed by atoms with Crippen LogP contribution in [0.1, 0.15) is 62.7 Å². The predicted octanol–water partition coefficient (Wildman–Crippen LogP) is 5.41. The van der Waals surface area contributed by atoms with E-state index in [0.717, 1.165) is 28.5 Å². The van der Waals surface area contributed by atoms with E-state index in [-0.39, 0.29) is 12.6 Å². The number of imidazole rings is 1. The molecule has 4 nitrogen and oxygen atoms in total. The minimum Gasteiger partial charge on any atom is -0.394 e. The van der Waals surface area contributed by atoms with Gasteiger partial charge in [0, 0.05) is 23.9 Å². The molecule has 4 unspecified atom stereocenters. The number of allylic oxidation sites excluding steroid dienone is 1. The van der Waals surface area contributed by atoms with E-state index in [2.05, 4.69) is 68.2 Å². The van der Waals surface area contributed by atoms with Gasteiger partial charge in [-0.15, -0.1) is 0 Å². The van der Waals surface area contributed by atoms with E-state index in [9.17, 15) is 10.2 Å². The zero-order chi connectivity index (χ0) is 23.3. The monoisotopic (exact) mass is 450 g/mol. The topological polar surface area (TPSA) is 58.3 Å². The molecule has 1 aromatic heterocycles. The molecule has 5 atom stereocenters. The molecule has 1 aliphatic carbocycles. The fourth-order valence-corrected chi connectivity index (χ4v) is 5.33. The highest BCUT2D eigenvalue weighted by atomic mass is 31.1. The van der Waals surface area contributed by atoms with Crippen molar-refractivity contribution in [3.05, 3.63) is 71.8 Å². The predicted molar refractivity (Wildman–Crippen MR) is 135 cm³/mol. The molecule has 32 heavy (non-hydrogen) atoms. The molecule has 0 radical (unpaired) electrons. The van der Waals surface area contributed by atoms with E-state index in [4.69, 9.17) is 0 Å². The largest absolute Gasteiger partial charge is 0.394 e. The summed E-state index contributed by atoms with van der Waals surface area (Å²) in [7, 11) is 0.576. The second-order valence-corrected chi connectivity index (χ2v) is 9.51. The van der Waals surface area contributed by atoms with Gasteiger partial charge in [-0.25, -0.2) is 4.98 Å². The molecular weight excluding hydrogens is 415 g/mol. The zero-order valence-corrected chi connectivity index (χ0v) is 20.5. The lowest BCUT2D eigenvalue weighted by atomic mass is 10.1. The molecular formula is C27H35N2O2P. The smallest absolute Gasteiger partial charge is 0.137 e. The number of aromatic nitrogens is 2. The van der Waals surface area contributed by atoms with Crippen LogP contribution < -0.4 is 0 Å². The number of benzene rings is 1. The van der Waals surface area contributed by atoms with E-state index >= 15 is 0 Å². The van der Waals surface area contributed by atoms with Gasteiger partial charge in [-0.3, -0.25) is 0 Å². The minimum absolute atomic E-state index is 0.112. The van der Waals surface area contributed by atoms with Crippen LogP contribution in [0.5, 0.6) is 0 Å². The maximum atomic E-state index is 10.0. The first-order valence-corrected chi connectivity index (χ1v) is 13.0. The second kappa shape index (κ2) is 11.1. The van der Waals surface area contributed by atoms with Crippen LogP contribution in [-0.4, -0.2) is 33.0 Å². The van der Waals surface area contributed by atoms with Crippen LogP contribution in [0.3, 0.4) is 0 Å². The van der Waals surface area contributed by atoms with Gasteiger partial charge in [0.15, 0.2) is 0 Å². The van der Waals surface area contributed by atoms with Crippen LogP contribution in [-0.2, 0) is 0 Å². The summed E-state index contributed by atoms with van der Waals surface area (Å²) in [4.78, 5) is 4.22. The molecule has 0 spiro atoms. The summed E-state index contributed by atoms with van der Waals surface area (Å²) in [5, 5.41) is 21.2. The molecule has 0 saturated heterocycles. The summed E-state index contributed by atoms with van der Waals surface area (Å²) < 4.78 is 1.80. The molecule has 0 bridgehead atoms. The van der Waals surface area contributed by atoms with E-state index in [1.54, 1.807) is 23.9 Å². The lowest BCUT2D eigenvalue weighted by molar-refractivity contribution is 0.174. The molecule has 1 fully saturated rings. The van der Waals surface area contributed by atoms with Crippen molar-refractivity contribution in [2.45, 2.75) is 45.8 Å². The van der Waals surface area contributed by atoms with E-state index in [1.165, 1.54) is 18.2 Å². The highest BCUT2D eigenvalue weighted by molar-refractivity contribution is 7.49. The van der Waals surface area contributed by atoms with Crippen molar-refractivity contribution < 1.29 is 10.2 Å². The minimum atomic E-state index is -0.715. The molecule has 1 aliphatic rings. The quantitative estimate of drug-likeness (QED) is 0.305. The standard InChI is InChI=1S/C27H35N2O2P/c1-6-22-23(7-2)24(22)13-10-20-8-11-21(12-9-20)26(32-5)16-18(3)25(17-30)29-15-14-28-27(29)19(4)31/h8-9,11-12,14-16,19,22-25,30-32H,3,6-7,17H2,1-2,4-5H3/b26-16-/t19-,22?,23?,24?,25?/m0/s1. The van der Waals surface area contributed by atoms with Crippen molar-refractivity contribution >= 4 is 13.9 Å². The lowest BCUT2D eigenvalue weighted by Gasteiger charge is -2.21. The summed E-state index contributed by atoms with van der Waals surface area (Å²) in [5.41, 5.74) is 2.97. The molecule has 0 amide bonds. The van der Waals surface area contributed by atoms with Crippen LogP contribution in [0.2, 0.25) is 0 Å². The van der Waals surface area contributed by atoms with Gasteiger partial charge < -0.3 is 14.8 Å². The van der Waals surface area contributed by atoms with Crippen LogP contribution in [0.4, 0.5) is 0 Å². The molecule has 170 valence electrons. The molecule has 0 aliphatic heterocycles. The molecule has 5 heteroatoms. The Morgan fingerprint density at radius 1 is 1.25 bits per heavy atom. The fraction of sp³-hybridized carbons (Fsp3) is 0.444. The fourth-order valence-electron chi connectivity index (χ4n) is 4.55. The number of hydrogen-bond acceptors (Lipinski definition) is 3.